The Morgan fingerprint density at radius 2 is 2.05 bits per heavy atom. The lowest BCUT2D eigenvalue weighted by molar-refractivity contribution is -0.151. The van der Waals surface area contributed by atoms with E-state index in [-0.39, 0.29) is 11.9 Å². The van der Waals surface area contributed by atoms with Crippen molar-refractivity contribution in [1.29, 1.82) is 0 Å². The van der Waals surface area contributed by atoms with Gasteiger partial charge in [-0.1, -0.05) is 18.6 Å². The zero-order valence-electron chi connectivity index (χ0n) is 11.3. The fourth-order valence-corrected chi connectivity index (χ4v) is 2.61. The number of esters is 1. The number of methoxy groups -OCH3 is 1. The highest BCUT2D eigenvalue weighted by Gasteiger charge is 2.33. The van der Waals surface area contributed by atoms with Gasteiger partial charge in [-0.2, -0.15) is 0 Å². The van der Waals surface area contributed by atoms with Crippen LogP contribution in [0, 0.1) is 11.8 Å². The van der Waals surface area contributed by atoms with Crippen molar-refractivity contribution in [2.45, 2.75) is 25.9 Å². The Hall–Kier alpha value is -1.55. The van der Waals surface area contributed by atoms with E-state index < -0.39 is 0 Å². The second kappa shape index (κ2) is 6.57. The summed E-state index contributed by atoms with van der Waals surface area (Å²) in [6.45, 7) is 0.888. The Bertz CT molecular complexity index is 416. The van der Waals surface area contributed by atoms with Crippen molar-refractivity contribution in [1.82, 2.24) is 0 Å². The van der Waals surface area contributed by atoms with E-state index in [0.717, 1.165) is 30.6 Å². The van der Waals surface area contributed by atoms with Gasteiger partial charge in [-0.3, -0.25) is 4.79 Å². The molecular formula is C15H21NO3. The maximum Gasteiger partial charge on any atom is 0.309 e. The summed E-state index contributed by atoms with van der Waals surface area (Å²) in [6, 6.07) is 7.53. The SMILES string of the molecule is COc1ccc(COC(=O)C2CCCC2CN)cc1. The van der Waals surface area contributed by atoms with Gasteiger partial charge in [0.1, 0.15) is 12.4 Å². The van der Waals surface area contributed by atoms with Gasteiger partial charge in [-0.15, -0.1) is 0 Å². The number of carbonyl (C=O) groups excluding carboxylic acids is 1. The first-order valence-electron chi connectivity index (χ1n) is 6.74. The third-order valence-electron chi connectivity index (χ3n) is 3.80. The summed E-state index contributed by atoms with van der Waals surface area (Å²) >= 11 is 0. The maximum atomic E-state index is 12.0. The van der Waals surface area contributed by atoms with Crippen LogP contribution in [0.2, 0.25) is 0 Å². The molecule has 0 saturated heterocycles. The maximum absolute atomic E-state index is 12.0. The van der Waals surface area contributed by atoms with E-state index >= 15 is 0 Å². The fraction of sp³-hybridized carbons (Fsp3) is 0.533. The molecule has 1 fully saturated rings. The Morgan fingerprint density at radius 3 is 2.68 bits per heavy atom. The zero-order chi connectivity index (χ0) is 13.7. The lowest BCUT2D eigenvalue weighted by Crippen LogP contribution is -2.26. The highest BCUT2D eigenvalue weighted by atomic mass is 16.5. The predicted octanol–water partition coefficient (Wildman–Crippen LogP) is 2.11. The molecule has 2 rings (SSSR count). The standard InChI is InChI=1S/C15H21NO3/c1-18-13-7-5-11(6-8-13)10-19-15(17)14-4-2-3-12(14)9-16/h5-8,12,14H,2-4,9-10,16H2,1H3. The van der Waals surface area contributed by atoms with Gasteiger partial charge in [-0.25, -0.2) is 0 Å². The second-order valence-corrected chi connectivity index (χ2v) is 4.99. The Labute approximate surface area is 113 Å². The monoisotopic (exact) mass is 263 g/mol. The molecule has 19 heavy (non-hydrogen) atoms. The highest BCUT2D eigenvalue weighted by molar-refractivity contribution is 5.73. The van der Waals surface area contributed by atoms with Crippen molar-refractivity contribution in [3.05, 3.63) is 29.8 Å². The van der Waals surface area contributed by atoms with Crippen LogP contribution in [0.25, 0.3) is 0 Å². The van der Waals surface area contributed by atoms with E-state index in [1.54, 1.807) is 7.11 Å². The average Bonchev–Trinajstić information content (AvgIpc) is 2.93. The number of nitrogens with two attached hydrogens (primary N) is 1. The number of rotatable bonds is 5. The molecule has 0 spiro atoms. The summed E-state index contributed by atoms with van der Waals surface area (Å²) < 4.78 is 10.5. The van der Waals surface area contributed by atoms with Crippen LogP contribution in [-0.4, -0.2) is 19.6 Å². The van der Waals surface area contributed by atoms with E-state index in [4.69, 9.17) is 15.2 Å². The lowest BCUT2D eigenvalue weighted by Gasteiger charge is -2.16. The Kier molecular flexibility index (Phi) is 4.80. The highest BCUT2D eigenvalue weighted by Crippen LogP contribution is 2.32. The van der Waals surface area contributed by atoms with Crippen LogP contribution in [-0.2, 0) is 16.1 Å². The first-order chi connectivity index (χ1) is 9.24. The van der Waals surface area contributed by atoms with Gasteiger partial charge in [0.25, 0.3) is 0 Å². The predicted molar refractivity (Wildman–Crippen MR) is 72.7 cm³/mol. The van der Waals surface area contributed by atoms with Crippen LogP contribution >= 0.6 is 0 Å². The molecular weight excluding hydrogens is 242 g/mol. The fourth-order valence-electron chi connectivity index (χ4n) is 2.61. The van der Waals surface area contributed by atoms with Crippen LogP contribution in [0.1, 0.15) is 24.8 Å². The molecule has 2 unspecified atom stereocenters. The average molecular weight is 263 g/mol. The van der Waals surface area contributed by atoms with Gasteiger partial charge in [0.15, 0.2) is 0 Å². The van der Waals surface area contributed by atoms with Gasteiger partial charge >= 0.3 is 5.97 Å². The van der Waals surface area contributed by atoms with Gasteiger partial charge in [0.2, 0.25) is 0 Å². The van der Waals surface area contributed by atoms with Crippen LogP contribution in [0.15, 0.2) is 24.3 Å². The van der Waals surface area contributed by atoms with Crippen LogP contribution in [0.5, 0.6) is 5.75 Å². The molecule has 4 heteroatoms. The number of benzene rings is 1. The first-order valence-corrected chi connectivity index (χ1v) is 6.74. The van der Waals surface area contributed by atoms with Gasteiger partial charge in [-0.05, 0) is 43.0 Å². The molecule has 2 N–H and O–H groups in total. The molecule has 0 aliphatic heterocycles. The quantitative estimate of drug-likeness (QED) is 0.826. The third kappa shape index (κ3) is 3.47. The molecule has 1 aromatic rings. The van der Waals surface area contributed by atoms with Gasteiger partial charge < -0.3 is 15.2 Å². The molecule has 1 aliphatic rings. The van der Waals surface area contributed by atoms with Crippen LogP contribution in [0.3, 0.4) is 0 Å². The minimum Gasteiger partial charge on any atom is -0.497 e. The van der Waals surface area contributed by atoms with Crippen molar-refractivity contribution in [2.75, 3.05) is 13.7 Å². The number of ether oxygens (including phenoxy) is 2. The summed E-state index contributed by atoms with van der Waals surface area (Å²) in [7, 11) is 1.63. The van der Waals surface area contributed by atoms with Gasteiger partial charge in [0.05, 0.1) is 13.0 Å². The largest absolute Gasteiger partial charge is 0.497 e. The van der Waals surface area contributed by atoms with Crippen molar-refractivity contribution in [2.24, 2.45) is 17.6 Å². The topological polar surface area (TPSA) is 61.5 Å². The van der Waals surface area contributed by atoms with E-state index in [9.17, 15) is 4.79 Å². The van der Waals surface area contributed by atoms with Crippen molar-refractivity contribution < 1.29 is 14.3 Å². The molecule has 1 saturated carbocycles. The summed E-state index contributed by atoms with van der Waals surface area (Å²) in [6.07, 6.45) is 3.02. The van der Waals surface area contributed by atoms with Crippen LogP contribution < -0.4 is 10.5 Å². The molecule has 0 radical (unpaired) electrons. The van der Waals surface area contributed by atoms with E-state index in [1.165, 1.54) is 0 Å². The minimum absolute atomic E-state index is 0.0109. The van der Waals surface area contributed by atoms with Crippen molar-refractivity contribution in [3.63, 3.8) is 0 Å². The second-order valence-electron chi connectivity index (χ2n) is 4.99. The summed E-state index contributed by atoms with van der Waals surface area (Å²) in [5, 5.41) is 0. The van der Waals surface area contributed by atoms with E-state index in [2.05, 4.69) is 0 Å². The summed E-state index contributed by atoms with van der Waals surface area (Å²) in [4.78, 5) is 12.0. The van der Waals surface area contributed by atoms with Gasteiger partial charge in [0, 0.05) is 0 Å². The number of hydrogen-bond acceptors (Lipinski definition) is 4. The lowest BCUT2D eigenvalue weighted by atomic mass is 9.96. The molecule has 0 heterocycles. The smallest absolute Gasteiger partial charge is 0.309 e. The molecule has 1 aromatic carbocycles. The molecule has 104 valence electrons. The zero-order valence-corrected chi connectivity index (χ0v) is 11.3. The molecule has 4 nitrogen and oxygen atoms in total. The Balaban J connectivity index is 1.85. The minimum atomic E-state index is -0.108. The summed E-state index contributed by atoms with van der Waals surface area (Å²) in [5.74, 6) is 0.976. The summed E-state index contributed by atoms with van der Waals surface area (Å²) in [5.41, 5.74) is 6.65. The molecule has 0 aromatic heterocycles. The molecule has 1 aliphatic carbocycles. The number of hydrogen-bond donors (Lipinski definition) is 1. The first kappa shape index (κ1) is 13.9. The molecule has 2 atom stereocenters. The van der Waals surface area contributed by atoms with E-state index in [1.807, 2.05) is 24.3 Å². The Morgan fingerprint density at radius 1 is 1.32 bits per heavy atom. The normalized spacial score (nSPS) is 22.2. The van der Waals surface area contributed by atoms with Crippen molar-refractivity contribution >= 4 is 5.97 Å². The number of carbonyl (C=O) groups is 1. The van der Waals surface area contributed by atoms with E-state index in [0.29, 0.717) is 19.1 Å². The van der Waals surface area contributed by atoms with Crippen molar-refractivity contribution in [3.8, 4) is 5.75 Å². The molecule has 0 bridgehead atoms. The third-order valence-corrected chi connectivity index (χ3v) is 3.80. The van der Waals surface area contributed by atoms with Crippen LogP contribution in [0.4, 0.5) is 0 Å². The molecule has 0 amide bonds.